The van der Waals surface area contributed by atoms with Crippen molar-refractivity contribution in [1.29, 1.82) is 0 Å². The van der Waals surface area contributed by atoms with Crippen molar-refractivity contribution in [3.8, 4) is 17.2 Å². The van der Waals surface area contributed by atoms with Gasteiger partial charge in [-0.1, -0.05) is 42.5 Å². The maximum Gasteiger partial charge on any atom is 0.280 e. The van der Waals surface area contributed by atoms with Crippen molar-refractivity contribution in [1.82, 2.24) is 15.6 Å². The molecule has 2 amide bonds. The number of aromatic nitrogens is 1. The Bertz CT molecular complexity index is 1290. The zero-order valence-electron chi connectivity index (χ0n) is 19.2. The standard InChI is InChI=1S/C26H25N3O5S/c1-32-21-9-5-6-10-22(21)33-14-13-27-24(30)17-34-19-11-12-20-23(15-19)35-26(29-20)25(31)28-16-18-7-3-2-4-8-18/h2-12,15H,13-14,16-17H2,1H3,(H,27,30)(H,28,31). The summed E-state index contributed by atoms with van der Waals surface area (Å²) in [5.74, 6) is 1.29. The Balaban J connectivity index is 1.23. The third kappa shape index (κ3) is 6.70. The molecule has 0 atom stereocenters. The number of carbonyl (C=O) groups excluding carboxylic acids is 2. The normalized spacial score (nSPS) is 10.5. The first-order chi connectivity index (χ1) is 17.1. The molecular formula is C26H25N3O5S. The summed E-state index contributed by atoms with van der Waals surface area (Å²) in [5.41, 5.74) is 1.72. The van der Waals surface area contributed by atoms with Crippen LogP contribution >= 0.6 is 11.3 Å². The number of methoxy groups -OCH3 is 1. The number of ether oxygens (including phenoxy) is 3. The van der Waals surface area contributed by atoms with Crippen molar-refractivity contribution in [3.63, 3.8) is 0 Å². The number of hydrogen-bond donors (Lipinski definition) is 2. The number of nitrogens with zero attached hydrogens (tertiary/aromatic N) is 1. The van der Waals surface area contributed by atoms with Gasteiger partial charge in [0.2, 0.25) is 0 Å². The summed E-state index contributed by atoms with van der Waals surface area (Å²) >= 11 is 1.28. The van der Waals surface area contributed by atoms with Crippen molar-refractivity contribution < 1.29 is 23.8 Å². The molecule has 0 fully saturated rings. The van der Waals surface area contributed by atoms with E-state index in [-0.39, 0.29) is 18.4 Å². The van der Waals surface area contributed by atoms with Crippen molar-refractivity contribution in [2.45, 2.75) is 6.54 Å². The van der Waals surface area contributed by atoms with E-state index in [1.165, 1.54) is 11.3 Å². The molecule has 8 nitrogen and oxygen atoms in total. The van der Waals surface area contributed by atoms with Crippen LogP contribution in [0.15, 0.2) is 72.8 Å². The maximum absolute atomic E-state index is 12.5. The monoisotopic (exact) mass is 491 g/mol. The summed E-state index contributed by atoms with van der Waals surface area (Å²) in [6, 6.07) is 22.3. The number of benzene rings is 3. The van der Waals surface area contributed by atoms with Gasteiger partial charge in [-0.05, 0) is 35.9 Å². The molecule has 0 saturated carbocycles. The molecule has 4 aromatic rings. The lowest BCUT2D eigenvalue weighted by Gasteiger charge is -2.11. The van der Waals surface area contributed by atoms with Gasteiger partial charge in [-0.2, -0.15) is 0 Å². The minimum Gasteiger partial charge on any atom is -0.493 e. The first-order valence-corrected chi connectivity index (χ1v) is 11.8. The summed E-state index contributed by atoms with van der Waals surface area (Å²) in [6.07, 6.45) is 0. The average molecular weight is 492 g/mol. The van der Waals surface area contributed by atoms with Crippen molar-refractivity contribution in [2.24, 2.45) is 0 Å². The minimum atomic E-state index is -0.265. The van der Waals surface area contributed by atoms with E-state index < -0.39 is 0 Å². The molecule has 0 aliphatic heterocycles. The number of thiazole rings is 1. The highest BCUT2D eigenvalue weighted by Crippen LogP contribution is 2.27. The number of para-hydroxylation sites is 2. The molecule has 4 rings (SSSR count). The Kier molecular flexibility index (Phi) is 8.13. The van der Waals surface area contributed by atoms with E-state index in [2.05, 4.69) is 15.6 Å². The van der Waals surface area contributed by atoms with Gasteiger partial charge >= 0.3 is 0 Å². The zero-order chi connectivity index (χ0) is 24.5. The van der Waals surface area contributed by atoms with E-state index in [9.17, 15) is 9.59 Å². The molecule has 1 aromatic heterocycles. The molecular weight excluding hydrogens is 466 g/mol. The lowest BCUT2D eigenvalue weighted by atomic mass is 10.2. The number of rotatable bonds is 11. The molecule has 180 valence electrons. The molecule has 0 aliphatic carbocycles. The fraction of sp³-hybridized carbons (Fsp3) is 0.192. The third-order valence-corrected chi connectivity index (χ3v) is 5.99. The number of fused-ring (bicyclic) bond motifs is 1. The molecule has 0 aliphatic rings. The van der Waals surface area contributed by atoms with Crippen LogP contribution in [0.3, 0.4) is 0 Å². The predicted molar refractivity (Wildman–Crippen MR) is 134 cm³/mol. The van der Waals surface area contributed by atoms with Crippen molar-refractivity contribution >= 4 is 33.4 Å². The Morgan fingerprint density at radius 2 is 1.69 bits per heavy atom. The molecule has 1 heterocycles. The van der Waals surface area contributed by atoms with Crippen LogP contribution in [0.25, 0.3) is 10.2 Å². The van der Waals surface area contributed by atoms with E-state index in [1.807, 2.05) is 48.5 Å². The fourth-order valence-corrected chi connectivity index (χ4v) is 4.15. The highest BCUT2D eigenvalue weighted by Gasteiger charge is 2.13. The van der Waals surface area contributed by atoms with E-state index in [4.69, 9.17) is 14.2 Å². The number of nitrogens with one attached hydrogen (secondary N) is 2. The van der Waals surface area contributed by atoms with Gasteiger partial charge in [-0.15, -0.1) is 11.3 Å². The van der Waals surface area contributed by atoms with Crippen LogP contribution in [-0.4, -0.2) is 43.7 Å². The first kappa shape index (κ1) is 24.0. The highest BCUT2D eigenvalue weighted by molar-refractivity contribution is 7.20. The molecule has 2 N–H and O–H groups in total. The predicted octanol–water partition coefficient (Wildman–Crippen LogP) is 3.81. The topological polar surface area (TPSA) is 98.8 Å². The molecule has 0 saturated heterocycles. The zero-order valence-corrected chi connectivity index (χ0v) is 20.0. The van der Waals surface area contributed by atoms with Crippen molar-refractivity contribution in [2.75, 3.05) is 26.9 Å². The summed E-state index contributed by atoms with van der Waals surface area (Å²) in [7, 11) is 1.58. The van der Waals surface area contributed by atoms with Gasteiger partial charge in [-0.3, -0.25) is 9.59 Å². The third-order valence-electron chi connectivity index (χ3n) is 4.97. The molecule has 3 aromatic carbocycles. The van der Waals surface area contributed by atoms with Crippen LogP contribution < -0.4 is 24.8 Å². The lowest BCUT2D eigenvalue weighted by molar-refractivity contribution is -0.123. The van der Waals surface area contributed by atoms with Crippen LogP contribution in [0.2, 0.25) is 0 Å². The number of carbonyl (C=O) groups is 2. The van der Waals surface area contributed by atoms with Crippen LogP contribution in [0.5, 0.6) is 17.2 Å². The Morgan fingerprint density at radius 1 is 0.914 bits per heavy atom. The van der Waals surface area contributed by atoms with Crippen LogP contribution in [-0.2, 0) is 11.3 Å². The molecule has 0 bridgehead atoms. The number of hydrogen-bond acceptors (Lipinski definition) is 7. The maximum atomic E-state index is 12.5. The molecule has 0 spiro atoms. The van der Waals surface area contributed by atoms with E-state index in [0.29, 0.717) is 47.5 Å². The minimum absolute atomic E-state index is 0.136. The van der Waals surface area contributed by atoms with Gasteiger partial charge in [0.25, 0.3) is 11.8 Å². The van der Waals surface area contributed by atoms with Gasteiger partial charge < -0.3 is 24.8 Å². The van der Waals surface area contributed by atoms with Gasteiger partial charge in [0.05, 0.1) is 23.9 Å². The van der Waals surface area contributed by atoms with Crippen LogP contribution in [0, 0.1) is 0 Å². The second-order valence-electron chi connectivity index (χ2n) is 7.45. The number of amides is 2. The van der Waals surface area contributed by atoms with Gasteiger partial charge in [0.1, 0.15) is 12.4 Å². The van der Waals surface area contributed by atoms with Crippen LogP contribution in [0.1, 0.15) is 15.4 Å². The Morgan fingerprint density at radius 3 is 2.49 bits per heavy atom. The molecule has 35 heavy (non-hydrogen) atoms. The van der Waals surface area contributed by atoms with Gasteiger partial charge in [0, 0.05) is 6.54 Å². The largest absolute Gasteiger partial charge is 0.493 e. The van der Waals surface area contributed by atoms with Gasteiger partial charge in [-0.25, -0.2) is 4.98 Å². The highest BCUT2D eigenvalue weighted by atomic mass is 32.1. The van der Waals surface area contributed by atoms with Crippen molar-refractivity contribution in [3.05, 3.63) is 83.4 Å². The molecule has 0 radical (unpaired) electrons. The fourth-order valence-electron chi connectivity index (χ4n) is 3.24. The molecule has 0 unspecified atom stereocenters. The Labute approximate surface area is 206 Å². The lowest BCUT2D eigenvalue weighted by Crippen LogP contribution is -2.32. The van der Waals surface area contributed by atoms with E-state index in [1.54, 1.807) is 31.4 Å². The SMILES string of the molecule is COc1ccccc1OCCNC(=O)COc1ccc2nc(C(=O)NCc3ccccc3)sc2c1. The molecule has 9 heteroatoms. The van der Waals surface area contributed by atoms with Gasteiger partial charge in [0.15, 0.2) is 23.1 Å². The van der Waals surface area contributed by atoms with E-state index in [0.717, 1.165) is 10.3 Å². The second-order valence-corrected chi connectivity index (χ2v) is 8.49. The smallest absolute Gasteiger partial charge is 0.280 e. The quantitative estimate of drug-likeness (QED) is 0.310. The van der Waals surface area contributed by atoms with E-state index >= 15 is 0 Å². The van der Waals surface area contributed by atoms with Crippen LogP contribution in [0.4, 0.5) is 0 Å². The summed E-state index contributed by atoms with van der Waals surface area (Å²) in [5, 5.41) is 6.01. The summed E-state index contributed by atoms with van der Waals surface area (Å²) < 4.78 is 17.3. The first-order valence-electron chi connectivity index (χ1n) is 11.0. The summed E-state index contributed by atoms with van der Waals surface area (Å²) in [6.45, 7) is 0.927. The average Bonchev–Trinajstić information content (AvgIpc) is 3.33. The Hall–Kier alpha value is -4.11. The summed E-state index contributed by atoms with van der Waals surface area (Å²) in [4.78, 5) is 29.0. The second kappa shape index (κ2) is 11.8.